The monoisotopic (exact) mass is 527 g/mol. The van der Waals surface area contributed by atoms with E-state index in [1.54, 1.807) is 17.0 Å². The van der Waals surface area contributed by atoms with Crippen molar-refractivity contribution >= 4 is 46.1 Å². The van der Waals surface area contributed by atoms with E-state index < -0.39 is 23.9 Å². The van der Waals surface area contributed by atoms with Gasteiger partial charge in [0.1, 0.15) is 17.8 Å². The smallest absolute Gasteiger partial charge is 0.271 e. The minimum Gasteiger partial charge on any atom is -0.368 e. The number of primary amides is 1. The highest BCUT2D eigenvalue weighted by Gasteiger charge is 2.49. The summed E-state index contributed by atoms with van der Waals surface area (Å²) in [6.07, 6.45) is 7.36. The number of H-pyrrole nitrogens is 1. The Bertz CT molecular complexity index is 1220. The number of piperidine rings is 1. The molecule has 2 aromatic rings. The largest absolute Gasteiger partial charge is 0.368 e. The van der Waals surface area contributed by atoms with Gasteiger partial charge >= 0.3 is 0 Å². The van der Waals surface area contributed by atoms with Crippen LogP contribution in [0.3, 0.4) is 0 Å². The van der Waals surface area contributed by atoms with E-state index in [1.165, 1.54) is 0 Å². The van der Waals surface area contributed by atoms with Gasteiger partial charge in [0.2, 0.25) is 17.7 Å². The van der Waals surface area contributed by atoms with Crippen molar-refractivity contribution < 1.29 is 19.2 Å². The Morgan fingerprint density at radius 3 is 2.68 bits per heavy atom. The molecule has 3 aliphatic rings. The molecular formula is C27H34ClN5O4. The van der Waals surface area contributed by atoms with Gasteiger partial charge in [-0.1, -0.05) is 36.9 Å². The summed E-state index contributed by atoms with van der Waals surface area (Å²) in [4.78, 5) is 56.7. The van der Waals surface area contributed by atoms with Gasteiger partial charge in [0.25, 0.3) is 5.91 Å². The van der Waals surface area contributed by atoms with E-state index in [0.717, 1.165) is 49.4 Å². The average Bonchev–Trinajstić information content (AvgIpc) is 3.48. The Labute approximate surface area is 220 Å². The fourth-order valence-corrected chi connectivity index (χ4v) is 6.64. The highest BCUT2D eigenvalue weighted by molar-refractivity contribution is 6.35. The summed E-state index contributed by atoms with van der Waals surface area (Å²) in [7, 11) is 0. The average molecular weight is 528 g/mol. The first kappa shape index (κ1) is 25.6. The first-order valence-electron chi connectivity index (χ1n) is 13.2. The van der Waals surface area contributed by atoms with Crippen molar-refractivity contribution in [3.05, 3.63) is 35.0 Å². The predicted octanol–water partition coefficient (Wildman–Crippen LogP) is 2.87. The molecule has 3 atom stereocenters. The van der Waals surface area contributed by atoms with Crippen LogP contribution in [0.15, 0.2) is 24.3 Å². The Morgan fingerprint density at radius 1 is 1.19 bits per heavy atom. The van der Waals surface area contributed by atoms with Crippen molar-refractivity contribution in [2.45, 2.75) is 69.9 Å². The number of carbonyl (C=O) groups is 4. The molecule has 2 aliphatic heterocycles. The molecule has 1 spiro atoms. The van der Waals surface area contributed by atoms with Crippen LogP contribution in [0.5, 0.6) is 0 Å². The number of aromatic nitrogens is 1. The molecule has 37 heavy (non-hydrogen) atoms. The number of likely N-dealkylation sites (tertiary alicyclic amines) is 1. The van der Waals surface area contributed by atoms with Gasteiger partial charge in [-0.2, -0.15) is 0 Å². The molecule has 9 nitrogen and oxygen atoms in total. The maximum atomic E-state index is 13.8. The minimum atomic E-state index is -0.979. The molecule has 0 radical (unpaired) electrons. The third-order valence-electron chi connectivity index (χ3n) is 8.41. The van der Waals surface area contributed by atoms with Gasteiger partial charge in [-0.25, -0.2) is 0 Å². The first-order valence-corrected chi connectivity index (χ1v) is 13.6. The molecule has 1 saturated carbocycles. The summed E-state index contributed by atoms with van der Waals surface area (Å²) in [5, 5.41) is 6.91. The third-order valence-corrected chi connectivity index (χ3v) is 8.74. The summed E-state index contributed by atoms with van der Waals surface area (Å²) in [6.45, 7) is 1.10. The second-order valence-electron chi connectivity index (χ2n) is 10.9. The molecule has 2 saturated heterocycles. The molecular weight excluding hydrogens is 494 g/mol. The number of amides is 4. The van der Waals surface area contributed by atoms with Crippen LogP contribution in [0, 0.1) is 11.3 Å². The van der Waals surface area contributed by atoms with E-state index in [0.29, 0.717) is 36.6 Å². The maximum absolute atomic E-state index is 13.8. The van der Waals surface area contributed by atoms with Gasteiger partial charge in [0.05, 0.1) is 0 Å². The molecule has 1 aromatic heterocycles. The summed E-state index contributed by atoms with van der Waals surface area (Å²) >= 11 is 6.33. The Hall–Kier alpha value is -3.07. The topological polar surface area (TPSA) is 137 Å². The fraction of sp³-hybridized carbons (Fsp3) is 0.556. The Kier molecular flexibility index (Phi) is 7.16. The number of hydrogen-bond donors (Lipinski definition) is 4. The molecule has 5 N–H and O–H groups in total. The number of benzene rings is 1. The van der Waals surface area contributed by atoms with E-state index >= 15 is 0 Å². The van der Waals surface area contributed by atoms with Crippen molar-refractivity contribution in [1.82, 2.24) is 20.5 Å². The predicted molar refractivity (Wildman–Crippen MR) is 140 cm³/mol. The second kappa shape index (κ2) is 10.4. The molecule has 3 fully saturated rings. The molecule has 5 rings (SSSR count). The van der Waals surface area contributed by atoms with Crippen molar-refractivity contribution in [3.8, 4) is 0 Å². The second-order valence-corrected chi connectivity index (χ2v) is 11.3. The summed E-state index contributed by atoms with van der Waals surface area (Å²) in [5.74, 6) is -1.85. The lowest BCUT2D eigenvalue weighted by Crippen LogP contribution is -2.53. The van der Waals surface area contributed by atoms with Crippen LogP contribution in [0.25, 0.3) is 10.9 Å². The van der Waals surface area contributed by atoms with E-state index in [-0.39, 0.29) is 29.6 Å². The number of fused-ring (bicyclic) bond motifs is 1. The van der Waals surface area contributed by atoms with Crippen LogP contribution in [0.4, 0.5) is 0 Å². The van der Waals surface area contributed by atoms with Crippen LogP contribution in [0.1, 0.15) is 68.3 Å². The molecule has 10 heteroatoms. The lowest BCUT2D eigenvalue weighted by atomic mass is 9.72. The Balaban J connectivity index is 1.39. The quantitative estimate of drug-likeness (QED) is 0.459. The minimum absolute atomic E-state index is 0.120. The first-order chi connectivity index (χ1) is 17.8. The van der Waals surface area contributed by atoms with Gasteiger partial charge in [0.15, 0.2) is 0 Å². The fourth-order valence-electron chi connectivity index (χ4n) is 6.42. The van der Waals surface area contributed by atoms with Gasteiger partial charge in [0, 0.05) is 34.9 Å². The number of nitrogens with one attached hydrogen (secondary N) is 3. The third kappa shape index (κ3) is 5.19. The SMILES string of the molecule is NC(=O)[C@H](C[C@@H]1CCCNC1=O)NC(=O)C1CC2(CCCCC2)CN1C(=O)c1cc2c(Cl)cccc2[nH]1. The van der Waals surface area contributed by atoms with Crippen molar-refractivity contribution in [2.24, 2.45) is 17.1 Å². The van der Waals surface area contributed by atoms with Gasteiger partial charge in [-0.3, -0.25) is 19.2 Å². The number of hydrogen-bond acceptors (Lipinski definition) is 4. The molecule has 0 bridgehead atoms. The maximum Gasteiger partial charge on any atom is 0.271 e. The molecule has 1 aromatic carbocycles. The molecule has 1 unspecified atom stereocenters. The number of halogens is 1. The Morgan fingerprint density at radius 2 is 1.97 bits per heavy atom. The van der Waals surface area contributed by atoms with E-state index in [2.05, 4.69) is 15.6 Å². The van der Waals surface area contributed by atoms with Gasteiger partial charge in [-0.05, 0) is 62.1 Å². The normalized spacial score (nSPS) is 24.1. The zero-order valence-corrected chi connectivity index (χ0v) is 21.6. The van der Waals surface area contributed by atoms with Crippen LogP contribution in [0.2, 0.25) is 5.02 Å². The van der Waals surface area contributed by atoms with E-state index in [9.17, 15) is 19.2 Å². The lowest BCUT2D eigenvalue weighted by molar-refractivity contribution is -0.132. The summed E-state index contributed by atoms with van der Waals surface area (Å²) in [5.41, 5.74) is 6.65. The highest BCUT2D eigenvalue weighted by atomic mass is 35.5. The standard InChI is InChI=1S/C27H34ClN5O4/c28-18-7-4-8-19-17(18)13-21(31-19)26(37)33-15-27(9-2-1-3-10-27)14-22(33)25(36)32-20(23(29)34)12-16-6-5-11-30-24(16)35/h4,7-8,13,16,20,22,31H,1-3,5-6,9-12,14-15H2,(H2,29,34)(H,30,35)(H,32,36)/t16-,20-,22?/m0/s1. The zero-order valence-electron chi connectivity index (χ0n) is 20.9. The highest BCUT2D eigenvalue weighted by Crippen LogP contribution is 2.46. The lowest BCUT2D eigenvalue weighted by Gasteiger charge is -2.32. The number of aromatic amines is 1. The molecule has 198 valence electrons. The molecule has 3 heterocycles. The van der Waals surface area contributed by atoms with Crippen LogP contribution in [-0.4, -0.2) is 58.7 Å². The zero-order chi connectivity index (χ0) is 26.2. The number of nitrogens with two attached hydrogens (primary N) is 1. The van der Waals surface area contributed by atoms with Crippen molar-refractivity contribution in [2.75, 3.05) is 13.1 Å². The van der Waals surface area contributed by atoms with Crippen LogP contribution in [-0.2, 0) is 14.4 Å². The van der Waals surface area contributed by atoms with Gasteiger partial charge in [-0.15, -0.1) is 0 Å². The van der Waals surface area contributed by atoms with Crippen molar-refractivity contribution in [3.63, 3.8) is 0 Å². The molecule has 4 amide bonds. The van der Waals surface area contributed by atoms with Crippen LogP contribution >= 0.6 is 11.6 Å². The summed E-state index contributed by atoms with van der Waals surface area (Å²) < 4.78 is 0. The number of carbonyl (C=O) groups excluding carboxylic acids is 4. The van der Waals surface area contributed by atoms with E-state index in [1.807, 2.05) is 12.1 Å². The molecule has 1 aliphatic carbocycles. The summed E-state index contributed by atoms with van der Waals surface area (Å²) in [6, 6.07) is 5.46. The van der Waals surface area contributed by atoms with Crippen LogP contribution < -0.4 is 16.4 Å². The van der Waals surface area contributed by atoms with E-state index in [4.69, 9.17) is 17.3 Å². The van der Waals surface area contributed by atoms with Crippen molar-refractivity contribution in [1.29, 1.82) is 0 Å². The van der Waals surface area contributed by atoms with Gasteiger partial charge < -0.3 is 26.3 Å². The number of nitrogens with zero attached hydrogens (tertiary/aromatic N) is 1. The number of rotatable bonds is 6.